The summed E-state index contributed by atoms with van der Waals surface area (Å²) in [5, 5.41) is 0. The summed E-state index contributed by atoms with van der Waals surface area (Å²) in [5.41, 5.74) is 5.19. The van der Waals surface area contributed by atoms with E-state index in [1.165, 1.54) is 11.1 Å². The van der Waals surface area contributed by atoms with Crippen LogP contribution in [0.3, 0.4) is 0 Å². The number of amides is 2. The van der Waals surface area contributed by atoms with Crippen LogP contribution in [0.4, 0.5) is 5.69 Å². The van der Waals surface area contributed by atoms with Crippen LogP contribution in [-0.4, -0.2) is 82.1 Å². The van der Waals surface area contributed by atoms with Crippen LogP contribution < -0.4 is 4.90 Å². The van der Waals surface area contributed by atoms with Gasteiger partial charge in [0.05, 0.1) is 6.33 Å². The maximum Gasteiger partial charge on any atom is 0.248 e. The molecule has 0 radical (unpaired) electrons. The summed E-state index contributed by atoms with van der Waals surface area (Å²) < 4.78 is 6.87. The van der Waals surface area contributed by atoms with Crippen LogP contribution in [0, 0.1) is 0 Å². The van der Waals surface area contributed by atoms with Crippen molar-refractivity contribution >= 4 is 28.7 Å². The van der Waals surface area contributed by atoms with Crippen LogP contribution in [0.2, 0.25) is 0 Å². The number of methoxy groups -OCH3 is 1. The normalized spacial score (nSPS) is 18.3. The van der Waals surface area contributed by atoms with Gasteiger partial charge in [0.2, 0.25) is 11.8 Å². The van der Waals surface area contributed by atoms with Crippen molar-refractivity contribution in [3.05, 3.63) is 54.0 Å². The fourth-order valence-corrected chi connectivity index (χ4v) is 5.08. The summed E-state index contributed by atoms with van der Waals surface area (Å²) in [6.45, 7) is 5.90. The summed E-state index contributed by atoms with van der Waals surface area (Å²) in [7, 11) is 1.55. The van der Waals surface area contributed by atoms with E-state index in [0.29, 0.717) is 13.1 Å². The first-order chi connectivity index (χ1) is 16.5. The maximum absolute atomic E-state index is 13.1. The van der Waals surface area contributed by atoms with Crippen molar-refractivity contribution in [2.24, 2.45) is 0 Å². The van der Waals surface area contributed by atoms with Gasteiger partial charge < -0.3 is 24.0 Å². The van der Waals surface area contributed by atoms with E-state index < -0.39 is 0 Å². The van der Waals surface area contributed by atoms with Gasteiger partial charge >= 0.3 is 0 Å². The van der Waals surface area contributed by atoms with E-state index in [1.807, 2.05) is 26.5 Å². The van der Waals surface area contributed by atoms with Gasteiger partial charge in [0.1, 0.15) is 18.7 Å². The molecule has 2 aliphatic rings. The number of pyridine rings is 1. The highest BCUT2D eigenvalue weighted by Crippen LogP contribution is 2.31. The number of aromatic nitrogens is 3. The van der Waals surface area contributed by atoms with Gasteiger partial charge in [0.25, 0.3) is 0 Å². The Balaban J connectivity index is 1.28. The van der Waals surface area contributed by atoms with Crippen molar-refractivity contribution in [1.29, 1.82) is 0 Å². The Labute approximate surface area is 198 Å². The van der Waals surface area contributed by atoms with Gasteiger partial charge in [-0.3, -0.25) is 9.59 Å². The van der Waals surface area contributed by atoms with Crippen molar-refractivity contribution in [2.75, 3.05) is 44.8 Å². The molecule has 1 aromatic carbocycles. The van der Waals surface area contributed by atoms with Crippen LogP contribution >= 0.6 is 0 Å². The lowest BCUT2D eigenvalue weighted by atomic mass is 9.96. The minimum Gasteiger partial charge on any atom is -0.375 e. The zero-order valence-electron chi connectivity index (χ0n) is 19.7. The number of benzene rings is 1. The fraction of sp³-hybridized carbons (Fsp3) is 0.440. The molecule has 1 fully saturated rings. The molecule has 2 aromatic heterocycles. The van der Waals surface area contributed by atoms with Gasteiger partial charge in [-0.05, 0) is 42.7 Å². The average Bonchev–Trinajstić information content (AvgIpc) is 3.26. The number of rotatable bonds is 5. The van der Waals surface area contributed by atoms with E-state index in [4.69, 9.17) is 4.74 Å². The van der Waals surface area contributed by atoms with E-state index in [1.54, 1.807) is 19.6 Å². The monoisotopic (exact) mass is 462 g/mol. The molecular weight excluding hydrogens is 432 g/mol. The van der Waals surface area contributed by atoms with Gasteiger partial charge in [0, 0.05) is 57.8 Å². The smallest absolute Gasteiger partial charge is 0.248 e. The van der Waals surface area contributed by atoms with Crippen molar-refractivity contribution in [1.82, 2.24) is 24.3 Å². The highest BCUT2D eigenvalue weighted by atomic mass is 16.5. The summed E-state index contributed by atoms with van der Waals surface area (Å²) in [4.78, 5) is 40.5. The Bertz CT molecular complexity index is 1210. The van der Waals surface area contributed by atoms with E-state index in [-0.39, 0.29) is 31.0 Å². The quantitative estimate of drug-likeness (QED) is 0.574. The first-order valence-corrected chi connectivity index (χ1v) is 11.7. The average molecular weight is 463 g/mol. The number of imidazole rings is 1. The molecule has 5 rings (SSSR count). The second-order valence-electron chi connectivity index (χ2n) is 9.01. The number of piperazine rings is 1. The molecule has 0 aliphatic carbocycles. The predicted molar refractivity (Wildman–Crippen MR) is 128 cm³/mol. The zero-order valence-corrected chi connectivity index (χ0v) is 19.7. The van der Waals surface area contributed by atoms with E-state index >= 15 is 0 Å². The zero-order chi connectivity index (χ0) is 23.7. The molecule has 4 heterocycles. The minimum atomic E-state index is 0.0215. The molecule has 2 amide bonds. The lowest BCUT2D eigenvalue weighted by Crippen LogP contribution is -2.55. The molecule has 2 aliphatic heterocycles. The summed E-state index contributed by atoms with van der Waals surface area (Å²) >= 11 is 0. The molecular formula is C25H30N6O3. The van der Waals surface area contributed by atoms with Crippen molar-refractivity contribution < 1.29 is 14.3 Å². The third-order valence-corrected chi connectivity index (χ3v) is 6.84. The molecule has 3 aromatic rings. The van der Waals surface area contributed by atoms with Crippen molar-refractivity contribution in [3.8, 4) is 0 Å². The van der Waals surface area contributed by atoms with E-state index in [0.717, 1.165) is 42.9 Å². The van der Waals surface area contributed by atoms with E-state index in [9.17, 15) is 9.59 Å². The topological polar surface area (TPSA) is 83.8 Å². The van der Waals surface area contributed by atoms with Crippen LogP contribution in [0.5, 0.6) is 0 Å². The second-order valence-corrected chi connectivity index (χ2v) is 9.01. The maximum atomic E-state index is 13.1. The first kappa shape index (κ1) is 22.3. The van der Waals surface area contributed by atoms with Crippen molar-refractivity contribution in [3.63, 3.8) is 0 Å². The van der Waals surface area contributed by atoms with Crippen LogP contribution in [-0.2, 0) is 33.8 Å². The number of nitrogens with zero attached hydrogens (tertiary/aromatic N) is 6. The third kappa shape index (κ3) is 4.23. The van der Waals surface area contributed by atoms with Gasteiger partial charge in [0.15, 0.2) is 5.65 Å². The Hall–Kier alpha value is -3.46. The minimum absolute atomic E-state index is 0.0215. The highest BCUT2D eigenvalue weighted by molar-refractivity contribution is 5.80. The van der Waals surface area contributed by atoms with Crippen molar-refractivity contribution in [2.45, 2.75) is 32.5 Å². The molecule has 178 valence electrons. The molecule has 0 saturated carbocycles. The second kappa shape index (κ2) is 9.42. The number of carbonyl (C=O) groups excluding carboxylic acids is 2. The van der Waals surface area contributed by atoms with Gasteiger partial charge in [-0.15, -0.1) is 0 Å². The van der Waals surface area contributed by atoms with Crippen LogP contribution in [0.1, 0.15) is 18.1 Å². The highest BCUT2D eigenvalue weighted by Gasteiger charge is 2.30. The predicted octanol–water partition coefficient (Wildman–Crippen LogP) is 1.70. The van der Waals surface area contributed by atoms with Crippen LogP contribution in [0.25, 0.3) is 11.2 Å². The molecule has 0 unspecified atom stereocenters. The molecule has 1 atom stereocenters. The van der Waals surface area contributed by atoms with Gasteiger partial charge in [-0.1, -0.05) is 12.1 Å². The summed E-state index contributed by atoms with van der Waals surface area (Å²) in [5.74, 6) is 0.0942. The Morgan fingerprint density at radius 2 is 1.97 bits per heavy atom. The number of carbonyl (C=O) groups is 2. The lowest BCUT2D eigenvalue weighted by molar-refractivity contribution is -0.136. The number of hydrogen-bond donors (Lipinski definition) is 0. The SMILES string of the molecule is COCC(=O)N1CCc2cccc(N3CCN(C(=O)Cn4cnc5cccnc54)[C@H](C)C3)c2C1. The van der Waals surface area contributed by atoms with Crippen LogP contribution in [0.15, 0.2) is 42.9 Å². The largest absolute Gasteiger partial charge is 0.375 e. The summed E-state index contributed by atoms with van der Waals surface area (Å²) in [6, 6.07) is 10.2. The lowest BCUT2D eigenvalue weighted by Gasteiger charge is -2.42. The Morgan fingerprint density at radius 3 is 2.79 bits per heavy atom. The standard InChI is InChI=1S/C25H30N6O3/c1-18-13-28(22-7-3-5-19-8-10-29(14-20(19)22)24(33)16-34-2)11-12-31(18)23(32)15-30-17-27-21-6-4-9-26-25(21)30/h3-7,9,17-18H,8,10-16H2,1-2H3/t18-/m1/s1. The third-order valence-electron chi connectivity index (χ3n) is 6.84. The first-order valence-electron chi connectivity index (χ1n) is 11.7. The van der Waals surface area contributed by atoms with Gasteiger partial charge in [-0.25, -0.2) is 9.97 Å². The molecule has 0 spiro atoms. The molecule has 0 N–H and O–H groups in total. The number of ether oxygens (including phenoxy) is 1. The Morgan fingerprint density at radius 1 is 1.09 bits per heavy atom. The fourth-order valence-electron chi connectivity index (χ4n) is 5.08. The molecule has 34 heavy (non-hydrogen) atoms. The number of hydrogen-bond acceptors (Lipinski definition) is 6. The summed E-state index contributed by atoms with van der Waals surface area (Å²) in [6.07, 6.45) is 4.25. The molecule has 9 nitrogen and oxygen atoms in total. The van der Waals surface area contributed by atoms with Gasteiger partial charge in [-0.2, -0.15) is 0 Å². The number of anilines is 1. The molecule has 1 saturated heterocycles. The molecule has 0 bridgehead atoms. The Kier molecular flexibility index (Phi) is 6.19. The van der Waals surface area contributed by atoms with E-state index in [2.05, 4.69) is 40.0 Å². The molecule has 9 heteroatoms. The number of fused-ring (bicyclic) bond motifs is 2.